The predicted octanol–water partition coefficient (Wildman–Crippen LogP) is 2.97. The van der Waals surface area contributed by atoms with Crippen LogP contribution in [0.4, 0.5) is 9.18 Å². The van der Waals surface area contributed by atoms with E-state index in [1.54, 1.807) is 32.9 Å². The Balaban J connectivity index is 1.65. The minimum absolute atomic E-state index is 0.151. The van der Waals surface area contributed by atoms with Crippen molar-refractivity contribution in [1.29, 1.82) is 0 Å². The molecule has 1 aliphatic rings. The molecule has 0 spiro atoms. The lowest BCUT2D eigenvalue weighted by Gasteiger charge is -2.31. The van der Waals surface area contributed by atoms with Gasteiger partial charge in [0.15, 0.2) is 5.69 Å². The van der Waals surface area contributed by atoms with Crippen LogP contribution < -0.4 is 10.6 Å². The number of hydrogen-bond donors (Lipinski definition) is 2. The van der Waals surface area contributed by atoms with Crippen molar-refractivity contribution in [2.75, 3.05) is 6.54 Å². The van der Waals surface area contributed by atoms with E-state index in [2.05, 4.69) is 20.9 Å². The van der Waals surface area contributed by atoms with Gasteiger partial charge in [0.2, 0.25) is 0 Å². The van der Waals surface area contributed by atoms with E-state index in [0.29, 0.717) is 5.69 Å². The van der Waals surface area contributed by atoms with Crippen LogP contribution in [0.5, 0.6) is 0 Å². The van der Waals surface area contributed by atoms with E-state index in [1.165, 1.54) is 23.0 Å². The molecule has 2 aromatic rings. The Labute approximate surface area is 168 Å². The van der Waals surface area contributed by atoms with Crippen molar-refractivity contribution in [2.24, 2.45) is 0 Å². The Morgan fingerprint density at radius 1 is 1.21 bits per heavy atom. The second kappa shape index (κ2) is 8.18. The van der Waals surface area contributed by atoms with E-state index in [9.17, 15) is 14.0 Å². The van der Waals surface area contributed by atoms with Gasteiger partial charge in [-0.15, -0.1) is 5.10 Å². The number of nitrogens with zero attached hydrogens (tertiary/aromatic N) is 3. The monoisotopic (exact) mass is 403 g/mol. The molecule has 0 radical (unpaired) electrons. The Hall–Kier alpha value is -2.97. The van der Waals surface area contributed by atoms with Gasteiger partial charge in [0.25, 0.3) is 5.91 Å². The number of alkyl carbamates (subject to hydrolysis) is 1. The van der Waals surface area contributed by atoms with Gasteiger partial charge in [-0.05, 0) is 57.9 Å². The maximum Gasteiger partial charge on any atom is 0.407 e. The second-order valence-electron chi connectivity index (χ2n) is 8.32. The van der Waals surface area contributed by atoms with Gasteiger partial charge in [0.05, 0.1) is 17.4 Å². The zero-order valence-electron chi connectivity index (χ0n) is 16.9. The molecule has 1 saturated carbocycles. The fourth-order valence-electron chi connectivity index (χ4n) is 3.35. The van der Waals surface area contributed by atoms with Crippen LogP contribution in [0.1, 0.15) is 56.9 Å². The molecule has 8 nitrogen and oxygen atoms in total. The number of aromatic nitrogens is 3. The molecule has 0 saturated heterocycles. The quantitative estimate of drug-likeness (QED) is 0.800. The number of halogens is 1. The number of benzene rings is 1. The van der Waals surface area contributed by atoms with Crippen LogP contribution in [0.3, 0.4) is 0 Å². The van der Waals surface area contributed by atoms with Crippen molar-refractivity contribution in [3.05, 3.63) is 42.0 Å². The van der Waals surface area contributed by atoms with E-state index in [4.69, 9.17) is 4.74 Å². The Morgan fingerprint density at radius 3 is 2.48 bits per heavy atom. The molecule has 1 aliphatic carbocycles. The van der Waals surface area contributed by atoms with Crippen LogP contribution in [-0.4, -0.2) is 44.7 Å². The summed E-state index contributed by atoms with van der Waals surface area (Å²) < 4.78 is 19.8. The van der Waals surface area contributed by atoms with E-state index < -0.39 is 17.2 Å². The van der Waals surface area contributed by atoms with Crippen molar-refractivity contribution < 1.29 is 18.7 Å². The lowest BCUT2D eigenvalue weighted by molar-refractivity contribution is 0.0504. The normalized spacial score (nSPS) is 15.7. The molecule has 0 aliphatic heterocycles. The maximum absolute atomic E-state index is 13.1. The minimum atomic E-state index is -0.588. The lowest BCUT2D eigenvalue weighted by Crippen LogP contribution is -2.54. The van der Waals surface area contributed by atoms with Crippen molar-refractivity contribution >= 4 is 12.0 Å². The van der Waals surface area contributed by atoms with Crippen LogP contribution >= 0.6 is 0 Å². The predicted molar refractivity (Wildman–Crippen MR) is 104 cm³/mol. The van der Waals surface area contributed by atoms with Gasteiger partial charge in [-0.1, -0.05) is 18.1 Å². The van der Waals surface area contributed by atoms with Gasteiger partial charge in [0.1, 0.15) is 11.4 Å². The average Bonchev–Trinajstić information content (AvgIpc) is 3.29. The van der Waals surface area contributed by atoms with Crippen LogP contribution in [0.15, 0.2) is 30.5 Å². The molecule has 2 amide bonds. The molecule has 1 aromatic carbocycles. The molecular weight excluding hydrogens is 377 g/mol. The first-order valence-corrected chi connectivity index (χ1v) is 9.64. The van der Waals surface area contributed by atoms with Crippen molar-refractivity contribution in [1.82, 2.24) is 25.6 Å². The topological polar surface area (TPSA) is 98.1 Å². The van der Waals surface area contributed by atoms with E-state index in [-0.39, 0.29) is 24.0 Å². The zero-order valence-corrected chi connectivity index (χ0v) is 16.9. The molecule has 0 unspecified atom stereocenters. The van der Waals surface area contributed by atoms with Crippen LogP contribution in [-0.2, 0) is 4.74 Å². The zero-order chi connectivity index (χ0) is 21.1. The minimum Gasteiger partial charge on any atom is -0.444 e. The highest BCUT2D eigenvalue weighted by molar-refractivity contribution is 5.92. The first-order valence-electron chi connectivity index (χ1n) is 9.64. The summed E-state index contributed by atoms with van der Waals surface area (Å²) in [7, 11) is 0. The second-order valence-corrected chi connectivity index (χ2v) is 8.32. The summed E-state index contributed by atoms with van der Waals surface area (Å²) >= 11 is 0. The van der Waals surface area contributed by atoms with Gasteiger partial charge in [-0.3, -0.25) is 4.79 Å². The number of rotatable bonds is 5. The number of carbonyl (C=O) groups is 2. The summed E-state index contributed by atoms with van der Waals surface area (Å²) in [6, 6.07) is 5.73. The Bertz CT molecular complexity index is 867. The highest BCUT2D eigenvalue weighted by atomic mass is 19.1. The molecule has 1 heterocycles. The van der Waals surface area contributed by atoms with Gasteiger partial charge < -0.3 is 15.4 Å². The molecule has 156 valence electrons. The van der Waals surface area contributed by atoms with Crippen molar-refractivity contribution in [2.45, 2.75) is 57.6 Å². The third-order valence-electron chi connectivity index (χ3n) is 4.73. The molecular formula is C20H26FN5O3. The van der Waals surface area contributed by atoms with Crippen LogP contribution in [0, 0.1) is 5.82 Å². The number of amides is 2. The number of nitrogens with one attached hydrogen (secondary N) is 2. The number of carbonyl (C=O) groups excluding carboxylic acids is 2. The van der Waals surface area contributed by atoms with Crippen LogP contribution in [0.2, 0.25) is 0 Å². The highest BCUT2D eigenvalue weighted by Crippen LogP contribution is 2.29. The Kier molecular flexibility index (Phi) is 5.86. The first kappa shape index (κ1) is 20.8. The smallest absolute Gasteiger partial charge is 0.407 e. The summed E-state index contributed by atoms with van der Waals surface area (Å²) in [6.45, 7) is 5.66. The van der Waals surface area contributed by atoms with Gasteiger partial charge in [-0.2, -0.15) is 0 Å². The third kappa shape index (κ3) is 5.52. The average molecular weight is 403 g/mol. The van der Waals surface area contributed by atoms with Crippen molar-refractivity contribution in [3.8, 4) is 5.69 Å². The Morgan fingerprint density at radius 2 is 1.86 bits per heavy atom. The SMILES string of the molecule is CC(C)(C)OC(=O)NCC1(NC(=O)c2cn(-c3ccc(F)cc3)nn2)CCCC1. The van der Waals surface area contributed by atoms with Gasteiger partial charge >= 0.3 is 6.09 Å². The molecule has 1 fully saturated rings. The summed E-state index contributed by atoms with van der Waals surface area (Å²) in [5.74, 6) is -0.723. The lowest BCUT2D eigenvalue weighted by atomic mass is 9.97. The van der Waals surface area contributed by atoms with Crippen LogP contribution in [0.25, 0.3) is 5.69 Å². The summed E-state index contributed by atoms with van der Waals surface area (Å²) in [4.78, 5) is 24.7. The summed E-state index contributed by atoms with van der Waals surface area (Å²) in [5.41, 5.74) is -0.388. The summed E-state index contributed by atoms with van der Waals surface area (Å²) in [6.07, 6.45) is 4.39. The molecule has 3 rings (SSSR count). The van der Waals surface area contributed by atoms with Gasteiger partial charge in [-0.25, -0.2) is 13.9 Å². The van der Waals surface area contributed by atoms with Crippen molar-refractivity contribution in [3.63, 3.8) is 0 Å². The molecule has 9 heteroatoms. The first-order chi connectivity index (χ1) is 13.7. The fourth-order valence-corrected chi connectivity index (χ4v) is 3.35. The number of ether oxygens (including phenoxy) is 1. The van der Waals surface area contributed by atoms with E-state index in [1.807, 2.05) is 0 Å². The highest BCUT2D eigenvalue weighted by Gasteiger charge is 2.37. The molecule has 2 N–H and O–H groups in total. The van der Waals surface area contributed by atoms with Gasteiger partial charge in [0, 0.05) is 6.54 Å². The largest absolute Gasteiger partial charge is 0.444 e. The molecule has 29 heavy (non-hydrogen) atoms. The molecule has 0 atom stereocenters. The molecule has 1 aromatic heterocycles. The maximum atomic E-state index is 13.1. The fraction of sp³-hybridized carbons (Fsp3) is 0.500. The van der Waals surface area contributed by atoms with E-state index in [0.717, 1.165) is 25.7 Å². The standard InChI is InChI=1S/C20H26FN5O3/c1-19(2,3)29-18(28)22-13-20(10-4-5-11-20)23-17(27)16-12-26(25-24-16)15-8-6-14(21)7-9-15/h6-9,12H,4-5,10-11,13H2,1-3H3,(H,22,28)(H,23,27). The molecule has 0 bridgehead atoms. The van der Waals surface area contributed by atoms with E-state index >= 15 is 0 Å². The number of hydrogen-bond acceptors (Lipinski definition) is 5. The summed E-state index contributed by atoms with van der Waals surface area (Å²) in [5, 5.41) is 13.6. The third-order valence-corrected chi connectivity index (χ3v) is 4.73.